The van der Waals surface area contributed by atoms with Crippen LogP contribution in [0, 0.1) is 0 Å². The third-order valence-electron chi connectivity index (χ3n) is 4.02. The van der Waals surface area contributed by atoms with Gasteiger partial charge in [0.2, 0.25) is 0 Å². The lowest BCUT2D eigenvalue weighted by Gasteiger charge is -2.20. The Bertz CT molecular complexity index is 788. The van der Waals surface area contributed by atoms with E-state index >= 15 is 0 Å². The van der Waals surface area contributed by atoms with Crippen LogP contribution in [0.3, 0.4) is 0 Å². The molecule has 0 fully saturated rings. The van der Waals surface area contributed by atoms with Gasteiger partial charge in [-0.2, -0.15) is 0 Å². The Morgan fingerprint density at radius 1 is 1.11 bits per heavy atom. The van der Waals surface area contributed by atoms with Crippen LogP contribution in [0.4, 0.5) is 5.69 Å². The molecule has 27 heavy (non-hydrogen) atoms. The van der Waals surface area contributed by atoms with Crippen molar-refractivity contribution < 1.29 is 14.3 Å². The highest BCUT2D eigenvalue weighted by Gasteiger charge is 2.18. The number of benzene rings is 2. The van der Waals surface area contributed by atoms with Gasteiger partial charge in [0, 0.05) is 0 Å². The van der Waals surface area contributed by atoms with Crippen molar-refractivity contribution in [3.05, 3.63) is 66.2 Å². The van der Waals surface area contributed by atoms with Gasteiger partial charge in [-0.3, -0.25) is 4.79 Å². The summed E-state index contributed by atoms with van der Waals surface area (Å²) in [6.45, 7) is 14.3. The van der Waals surface area contributed by atoms with Gasteiger partial charge in [-0.15, -0.1) is 0 Å². The number of anilines is 1. The normalized spacial score (nSPS) is 12.2. The van der Waals surface area contributed by atoms with Crippen LogP contribution < -0.4 is 14.8 Å². The number of para-hydroxylation sites is 2. The Kier molecular flexibility index (Phi) is 6.67. The second kappa shape index (κ2) is 8.76. The molecule has 4 heteroatoms. The molecular weight excluding hydrogens is 338 g/mol. The first-order valence-corrected chi connectivity index (χ1v) is 9.11. The number of rotatable bonds is 7. The van der Waals surface area contributed by atoms with Crippen molar-refractivity contribution in [1.29, 1.82) is 0 Å². The van der Waals surface area contributed by atoms with Gasteiger partial charge in [0.05, 0.1) is 5.69 Å². The van der Waals surface area contributed by atoms with Crippen molar-refractivity contribution in [2.24, 2.45) is 0 Å². The number of nitrogens with one attached hydrogen (secondary N) is 1. The highest BCUT2D eigenvalue weighted by atomic mass is 16.5. The van der Waals surface area contributed by atoms with E-state index in [1.807, 2.05) is 49.4 Å². The summed E-state index contributed by atoms with van der Waals surface area (Å²) in [5.41, 5.74) is 2.82. The van der Waals surface area contributed by atoms with Crippen LogP contribution in [0.15, 0.2) is 60.7 Å². The molecule has 0 radical (unpaired) electrons. The molecule has 2 aromatic rings. The molecule has 4 nitrogen and oxygen atoms in total. The first-order valence-electron chi connectivity index (χ1n) is 9.11. The molecule has 1 amide bonds. The first kappa shape index (κ1) is 20.6. The third-order valence-corrected chi connectivity index (χ3v) is 4.02. The van der Waals surface area contributed by atoms with Gasteiger partial charge in [-0.05, 0) is 54.7 Å². The van der Waals surface area contributed by atoms with E-state index < -0.39 is 6.10 Å². The fourth-order valence-electron chi connectivity index (χ4n) is 2.42. The molecule has 1 atom stereocenters. The predicted molar refractivity (Wildman–Crippen MR) is 111 cm³/mol. The van der Waals surface area contributed by atoms with E-state index in [0.717, 1.165) is 5.57 Å². The van der Waals surface area contributed by atoms with Crippen LogP contribution in [-0.2, 0) is 10.2 Å². The number of hydrogen-bond donors (Lipinski definition) is 1. The molecule has 0 spiro atoms. The quantitative estimate of drug-likeness (QED) is 0.672. The molecule has 1 N–H and O–H groups in total. The summed E-state index contributed by atoms with van der Waals surface area (Å²) >= 11 is 0. The van der Waals surface area contributed by atoms with E-state index in [9.17, 15) is 4.79 Å². The van der Waals surface area contributed by atoms with Crippen molar-refractivity contribution in [3.63, 3.8) is 0 Å². The first-order chi connectivity index (χ1) is 12.7. The van der Waals surface area contributed by atoms with Gasteiger partial charge < -0.3 is 14.8 Å². The molecular formula is C23H29NO3. The topological polar surface area (TPSA) is 47.6 Å². The Morgan fingerprint density at radius 3 is 2.33 bits per heavy atom. The summed E-state index contributed by atoms with van der Waals surface area (Å²) in [6, 6.07) is 15.2. The van der Waals surface area contributed by atoms with Gasteiger partial charge in [0.25, 0.3) is 5.91 Å². The van der Waals surface area contributed by atoms with Crippen molar-refractivity contribution in [2.45, 2.75) is 46.1 Å². The largest absolute Gasteiger partial charge is 0.487 e. The third kappa shape index (κ3) is 6.17. The van der Waals surface area contributed by atoms with Crippen LogP contribution in [-0.4, -0.2) is 18.6 Å². The van der Waals surface area contributed by atoms with E-state index in [2.05, 4.69) is 32.7 Å². The van der Waals surface area contributed by atoms with E-state index in [4.69, 9.17) is 9.47 Å². The zero-order valence-corrected chi connectivity index (χ0v) is 16.8. The minimum Gasteiger partial charge on any atom is -0.487 e. The lowest BCUT2D eigenvalue weighted by atomic mass is 9.87. The van der Waals surface area contributed by atoms with Crippen LogP contribution in [0.25, 0.3) is 0 Å². The van der Waals surface area contributed by atoms with Crippen LogP contribution in [0.5, 0.6) is 11.5 Å². The molecule has 0 saturated carbocycles. The second-order valence-corrected chi connectivity index (χ2v) is 7.77. The highest BCUT2D eigenvalue weighted by Crippen LogP contribution is 2.26. The summed E-state index contributed by atoms with van der Waals surface area (Å²) in [4.78, 5) is 12.5. The molecule has 0 aliphatic carbocycles. The molecule has 2 rings (SSSR count). The minimum atomic E-state index is -0.639. The summed E-state index contributed by atoms with van der Waals surface area (Å²) in [7, 11) is 0. The van der Waals surface area contributed by atoms with Crippen LogP contribution in [0.2, 0.25) is 0 Å². The van der Waals surface area contributed by atoms with Crippen LogP contribution in [0.1, 0.15) is 40.2 Å². The van der Waals surface area contributed by atoms with Crippen molar-refractivity contribution >= 4 is 11.6 Å². The Balaban J connectivity index is 2.01. The molecule has 1 unspecified atom stereocenters. The smallest absolute Gasteiger partial charge is 0.265 e. The average molecular weight is 367 g/mol. The lowest BCUT2D eigenvalue weighted by molar-refractivity contribution is -0.122. The number of carbonyl (C=O) groups is 1. The fourth-order valence-corrected chi connectivity index (χ4v) is 2.42. The number of ether oxygens (including phenoxy) is 2. The maximum absolute atomic E-state index is 12.5. The zero-order valence-electron chi connectivity index (χ0n) is 16.8. The Morgan fingerprint density at radius 2 is 1.74 bits per heavy atom. The monoisotopic (exact) mass is 367 g/mol. The molecule has 0 aliphatic heterocycles. The van der Waals surface area contributed by atoms with Gasteiger partial charge >= 0.3 is 0 Å². The summed E-state index contributed by atoms with van der Waals surface area (Å²) in [6.07, 6.45) is -0.639. The Labute approximate surface area is 162 Å². The predicted octanol–water partition coefficient (Wildman–Crippen LogP) is 5.35. The number of hydrogen-bond acceptors (Lipinski definition) is 3. The molecule has 0 aliphatic rings. The average Bonchev–Trinajstić information content (AvgIpc) is 2.60. The Hall–Kier alpha value is -2.75. The SMILES string of the molecule is C=C(C)COc1ccccc1NC(=O)C(C)Oc1ccc(C(C)(C)C)cc1. The standard InChI is InChI=1S/C23H29NO3/c1-16(2)15-26-21-10-8-7-9-20(21)24-22(25)17(3)27-19-13-11-18(12-14-19)23(4,5)6/h7-14,17H,1,15H2,2-6H3,(H,24,25). The van der Waals surface area contributed by atoms with E-state index in [1.165, 1.54) is 5.56 Å². The highest BCUT2D eigenvalue weighted by molar-refractivity contribution is 5.95. The maximum atomic E-state index is 12.5. The number of carbonyl (C=O) groups excluding carboxylic acids is 1. The van der Waals surface area contributed by atoms with Gasteiger partial charge in [-0.25, -0.2) is 0 Å². The molecule has 0 aromatic heterocycles. The molecule has 0 heterocycles. The summed E-state index contributed by atoms with van der Waals surface area (Å²) in [5, 5.41) is 2.87. The van der Waals surface area contributed by atoms with Gasteiger partial charge in [-0.1, -0.05) is 51.6 Å². The second-order valence-electron chi connectivity index (χ2n) is 7.77. The summed E-state index contributed by atoms with van der Waals surface area (Å²) < 4.78 is 11.5. The lowest BCUT2D eigenvalue weighted by Crippen LogP contribution is -2.30. The molecule has 144 valence electrons. The molecule has 0 bridgehead atoms. The van der Waals surface area contributed by atoms with E-state index in [1.54, 1.807) is 13.0 Å². The minimum absolute atomic E-state index is 0.0784. The van der Waals surface area contributed by atoms with Crippen molar-refractivity contribution in [1.82, 2.24) is 0 Å². The van der Waals surface area contributed by atoms with Crippen molar-refractivity contribution in [3.8, 4) is 11.5 Å². The molecule has 0 saturated heterocycles. The fraction of sp³-hybridized carbons (Fsp3) is 0.348. The van der Waals surface area contributed by atoms with E-state index in [0.29, 0.717) is 23.8 Å². The number of amides is 1. The van der Waals surface area contributed by atoms with Gasteiger partial charge in [0.1, 0.15) is 18.1 Å². The van der Waals surface area contributed by atoms with Crippen LogP contribution >= 0.6 is 0 Å². The maximum Gasteiger partial charge on any atom is 0.265 e. The summed E-state index contributed by atoms with van der Waals surface area (Å²) in [5.74, 6) is 1.04. The van der Waals surface area contributed by atoms with E-state index in [-0.39, 0.29) is 11.3 Å². The van der Waals surface area contributed by atoms with Gasteiger partial charge in [0.15, 0.2) is 6.10 Å². The molecule has 2 aromatic carbocycles. The van der Waals surface area contributed by atoms with Crippen molar-refractivity contribution in [2.75, 3.05) is 11.9 Å². The zero-order chi connectivity index (χ0) is 20.0.